The van der Waals surface area contributed by atoms with Gasteiger partial charge in [-0.25, -0.2) is 0 Å². The van der Waals surface area contributed by atoms with Crippen molar-refractivity contribution in [2.75, 3.05) is 6.61 Å². The van der Waals surface area contributed by atoms with Gasteiger partial charge in [0.1, 0.15) is 18.3 Å². The van der Waals surface area contributed by atoms with Gasteiger partial charge in [0.05, 0.1) is 11.5 Å². The van der Waals surface area contributed by atoms with Gasteiger partial charge >= 0.3 is 7.12 Å². The zero-order chi connectivity index (χ0) is 16.2. The van der Waals surface area contributed by atoms with E-state index in [-0.39, 0.29) is 24.0 Å². The van der Waals surface area contributed by atoms with Gasteiger partial charge in [0, 0.05) is 12.1 Å². The van der Waals surface area contributed by atoms with Crippen LogP contribution in [0, 0.1) is 10.1 Å². The van der Waals surface area contributed by atoms with Crippen LogP contribution in [0.25, 0.3) is 0 Å². The molecule has 8 nitrogen and oxygen atoms in total. The Balaban J connectivity index is 1.53. The van der Waals surface area contributed by atoms with Crippen LogP contribution in [0.3, 0.4) is 0 Å². The molecule has 4 rings (SSSR count). The number of hydrogen-bond acceptors (Lipinski definition) is 7. The maximum absolute atomic E-state index is 10.9. The van der Waals surface area contributed by atoms with E-state index in [1.807, 2.05) is 13.8 Å². The van der Waals surface area contributed by atoms with Crippen molar-refractivity contribution in [3.63, 3.8) is 0 Å². The van der Waals surface area contributed by atoms with Gasteiger partial charge in [-0.2, -0.15) is 0 Å². The summed E-state index contributed by atoms with van der Waals surface area (Å²) < 4.78 is 28.9. The quantitative estimate of drug-likeness (QED) is 0.447. The second-order valence-electron chi connectivity index (χ2n) is 6.26. The topological polar surface area (TPSA) is 89.3 Å². The summed E-state index contributed by atoms with van der Waals surface area (Å²) in [7, 11) is -0.689. The summed E-state index contributed by atoms with van der Waals surface area (Å²) in [4.78, 5) is 10.5. The van der Waals surface area contributed by atoms with Crippen LogP contribution >= 0.6 is 0 Å². The van der Waals surface area contributed by atoms with E-state index in [0.29, 0.717) is 12.1 Å². The third kappa shape index (κ3) is 2.64. The van der Waals surface area contributed by atoms with Crippen LogP contribution in [0.2, 0.25) is 0 Å². The van der Waals surface area contributed by atoms with Crippen molar-refractivity contribution in [3.05, 3.63) is 34.4 Å². The summed E-state index contributed by atoms with van der Waals surface area (Å²) in [6.07, 6.45) is -1.41. The van der Waals surface area contributed by atoms with Crippen LogP contribution in [0.5, 0.6) is 0 Å². The predicted octanol–water partition coefficient (Wildman–Crippen LogP) is 0.582. The van der Waals surface area contributed by atoms with E-state index in [1.54, 1.807) is 12.1 Å². The maximum Gasteiger partial charge on any atom is 0.494 e. The molecule has 3 aliphatic heterocycles. The van der Waals surface area contributed by atoms with E-state index in [2.05, 4.69) is 0 Å². The Hall–Kier alpha value is -1.52. The third-order valence-electron chi connectivity index (χ3n) is 4.13. The molecule has 1 aromatic carbocycles. The lowest BCUT2D eigenvalue weighted by Crippen LogP contribution is -2.53. The van der Waals surface area contributed by atoms with Crippen molar-refractivity contribution >= 4 is 18.3 Å². The van der Waals surface area contributed by atoms with Gasteiger partial charge in [0.25, 0.3) is 5.69 Å². The normalized spacial score (nSPS) is 35.0. The highest BCUT2D eigenvalue weighted by molar-refractivity contribution is 6.61. The van der Waals surface area contributed by atoms with Crippen molar-refractivity contribution < 1.29 is 28.4 Å². The Morgan fingerprint density at radius 1 is 1.30 bits per heavy atom. The van der Waals surface area contributed by atoms with E-state index >= 15 is 0 Å². The fourth-order valence-electron chi connectivity index (χ4n) is 3.17. The minimum absolute atomic E-state index is 0.000968. The largest absolute Gasteiger partial charge is 0.494 e. The number of fused-ring (bicyclic) bond motifs is 3. The molecule has 122 valence electrons. The second-order valence-corrected chi connectivity index (χ2v) is 6.26. The first-order chi connectivity index (χ1) is 10.9. The Morgan fingerprint density at radius 3 is 2.91 bits per heavy atom. The van der Waals surface area contributed by atoms with Crippen molar-refractivity contribution in [1.29, 1.82) is 0 Å². The van der Waals surface area contributed by atoms with E-state index in [4.69, 9.17) is 23.5 Å². The molecule has 0 N–H and O–H groups in total. The molecule has 3 heterocycles. The molecular formula is C14H16BNO7. The van der Waals surface area contributed by atoms with E-state index in [0.717, 1.165) is 0 Å². The SMILES string of the molecule is CC1(C)O[C@H]2O[C@@H]3COB(c4cccc([N+](=O)[O-])c4)O[C@@H]3[C@H]2O1. The van der Waals surface area contributed by atoms with Gasteiger partial charge in [-0.15, -0.1) is 0 Å². The van der Waals surface area contributed by atoms with Gasteiger partial charge in [0.15, 0.2) is 12.1 Å². The van der Waals surface area contributed by atoms with E-state index in [9.17, 15) is 10.1 Å². The average molecular weight is 321 g/mol. The van der Waals surface area contributed by atoms with Gasteiger partial charge in [-0.1, -0.05) is 12.1 Å². The lowest BCUT2D eigenvalue weighted by molar-refractivity contribution is -0.384. The molecule has 4 atom stereocenters. The van der Waals surface area contributed by atoms with Gasteiger partial charge in [-0.3, -0.25) is 10.1 Å². The molecule has 0 spiro atoms. The molecule has 9 heteroatoms. The smallest absolute Gasteiger partial charge is 0.404 e. The lowest BCUT2D eigenvalue weighted by atomic mass is 9.77. The molecule has 0 unspecified atom stereocenters. The molecule has 3 aliphatic rings. The Kier molecular flexibility index (Phi) is 3.43. The molecule has 0 aliphatic carbocycles. The highest BCUT2D eigenvalue weighted by Gasteiger charge is 2.58. The molecule has 1 aromatic rings. The number of nitro groups is 1. The van der Waals surface area contributed by atoms with Crippen LogP contribution in [0.15, 0.2) is 24.3 Å². The molecule has 3 fully saturated rings. The van der Waals surface area contributed by atoms with Crippen LogP contribution in [0.1, 0.15) is 13.8 Å². The average Bonchev–Trinajstić information content (AvgIpc) is 2.98. The summed E-state index contributed by atoms with van der Waals surface area (Å²) in [5, 5.41) is 10.9. The summed E-state index contributed by atoms with van der Waals surface area (Å²) in [6, 6.07) is 6.23. The summed E-state index contributed by atoms with van der Waals surface area (Å²) in [5.41, 5.74) is 0.596. The second kappa shape index (κ2) is 5.25. The van der Waals surface area contributed by atoms with Crippen LogP contribution in [-0.2, 0) is 23.5 Å². The number of benzene rings is 1. The predicted molar refractivity (Wildman–Crippen MR) is 78.0 cm³/mol. The number of non-ortho nitro benzene ring substituents is 1. The number of nitrogens with zero attached hydrogens (tertiary/aromatic N) is 1. The van der Waals surface area contributed by atoms with Crippen LogP contribution < -0.4 is 5.46 Å². The van der Waals surface area contributed by atoms with Gasteiger partial charge in [0.2, 0.25) is 0 Å². The third-order valence-corrected chi connectivity index (χ3v) is 4.13. The maximum atomic E-state index is 10.9. The van der Waals surface area contributed by atoms with Crippen molar-refractivity contribution in [2.24, 2.45) is 0 Å². The summed E-state index contributed by atoms with van der Waals surface area (Å²) in [6.45, 7) is 3.96. The molecule has 23 heavy (non-hydrogen) atoms. The number of nitro benzene ring substituents is 1. The Labute approximate surface area is 132 Å². The van der Waals surface area contributed by atoms with Gasteiger partial charge < -0.3 is 23.5 Å². The molecular weight excluding hydrogens is 305 g/mol. The Bertz CT molecular complexity index is 639. The van der Waals surface area contributed by atoms with Crippen molar-refractivity contribution in [2.45, 2.75) is 44.2 Å². The van der Waals surface area contributed by atoms with Crippen molar-refractivity contribution in [3.8, 4) is 0 Å². The summed E-state index contributed by atoms with van der Waals surface area (Å²) in [5.74, 6) is -0.719. The first-order valence-electron chi connectivity index (χ1n) is 7.45. The molecule has 0 bridgehead atoms. The van der Waals surface area contributed by atoms with E-state index in [1.165, 1.54) is 12.1 Å². The minimum atomic E-state index is -0.719. The van der Waals surface area contributed by atoms with Crippen molar-refractivity contribution in [1.82, 2.24) is 0 Å². The van der Waals surface area contributed by atoms with Crippen LogP contribution in [-0.4, -0.2) is 49.0 Å². The standard InChI is InChI=1S/C14H16BNO7/c1-14(2)21-12-11-10(20-13(12)22-14)7-19-15(23-11)8-4-3-5-9(6-8)16(17)18/h3-6,10-13H,7H2,1-2H3/t10-,11+,12-,13-/m1/s1. The van der Waals surface area contributed by atoms with Crippen LogP contribution in [0.4, 0.5) is 5.69 Å². The summed E-state index contributed by atoms with van der Waals surface area (Å²) >= 11 is 0. The zero-order valence-electron chi connectivity index (χ0n) is 12.7. The first kappa shape index (κ1) is 15.0. The highest BCUT2D eigenvalue weighted by Crippen LogP contribution is 2.40. The molecule has 0 saturated carbocycles. The lowest BCUT2D eigenvalue weighted by Gasteiger charge is -2.32. The minimum Gasteiger partial charge on any atom is -0.404 e. The monoisotopic (exact) mass is 321 g/mol. The molecule has 0 amide bonds. The van der Waals surface area contributed by atoms with Gasteiger partial charge in [-0.05, 0) is 19.3 Å². The molecule has 0 aromatic heterocycles. The highest BCUT2D eigenvalue weighted by atomic mass is 16.8. The first-order valence-corrected chi connectivity index (χ1v) is 7.45. The number of hydrogen-bond donors (Lipinski definition) is 0. The van der Waals surface area contributed by atoms with E-state index < -0.39 is 24.1 Å². The molecule has 0 radical (unpaired) electrons. The number of rotatable bonds is 2. The number of ether oxygens (including phenoxy) is 3. The fraction of sp³-hybridized carbons (Fsp3) is 0.571. The fourth-order valence-corrected chi connectivity index (χ4v) is 3.17. The Morgan fingerprint density at radius 2 is 2.13 bits per heavy atom. The zero-order valence-corrected chi connectivity index (χ0v) is 12.7. The molecule has 3 saturated heterocycles.